The molecule has 0 amide bonds. The van der Waals surface area contributed by atoms with Gasteiger partial charge in [0.2, 0.25) is 5.82 Å². The molecule has 5 heteroatoms. The topological polar surface area (TPSA) is 32.3 Å². The van der Waals surface area contributed by atoms with Crippen LogP contribution in [0, 0.1) is 11.6 Å². The Balaban J connectivity index is 2.47. The summed E-state index contributed by atoms with van der Waals surface area (Å²) >= 11 is 2.92. The van der Waals surface area contributed by atoms with E-state index in [2.05, 4.69) is 21.2 Å². The van der Waals surface area contributed by atoms with E-state index in [0.29, 0.717) is 5.56 Å². The highest BCUT2D eigenvalue weighted by atomic mass is 79.9. The summed E-state index contributed by atoms with van der Waals surface area (Å²) in [7, 11) is 0. The summed E-state index contributed by atoms with van der Waals surface area (Å²) in [4.78, 5) is 0. The number of nitrogens with one attached hydrogen (secondary N) is 1. The van der Waals surface area contributed by atoms with Crippen LogP contribution in [0.2, 0.25) is 0 Å². The molecule has 1 aliphatic heterocycles. The molecule has 15 heavy (non-hydrogen) atoms. The van der Waals surface area contributed by atoms with Crippen LogP contribution < -0.4 is 5.32 Å². The van der Waals surface area contributed by atoms with Gasteiger partial charge in [0.25, 0.3) is 0 Å². The van der Waals surface area contributed by atoms with Gasteiger partial charge in [-0.3, -0.25) is 0 Å². The van der Waals surface area contributed by atoms with E-state index in [1.165, 1.54) is 6.07 Å². The van der Waals surface area contributed by atoms with Gasteiger partial charge < -0.3 is 10.4 Å². The first-order valence-corrected chi connectivity index (χ1v) is 5.50. The molecule has 1 heterocycles. The number of halogens is 3. The average molecular weight is 278 g/mol. The van der Waals surface area contributed by atoms with Gasteiger partial charge in [0.1, 0.15) is 0 Å². The van der Waals surface area contributed by atoms with Gasteiger partial charge in [-0.05, 0) is 41.4 Å². The van der Waals surface area contributed by atoms with Crippen LogP contribution in [-0.4, -0.2) is 11.7 Å². The molecule has 1 fully saturated rings. The van der Waals surface area contributed by atoms with E-state index in [1.807, 2.05) is 0 Å². The Morgan fingerprint density at radius 1 is 1.40 bits per heavy atom. The fourth-order valence-electron chi connectivity index (χ4n) is 1.82. The summed E-state index contributed by atoms with van der Waals surface area (Å²) in [6.07, 6.45) is 1.80. The summed E-state index contributed by atoms with van der Waals surface area (Å²) in [5, 5.41) is 12.6. The molecule has 2 rings (SSSR count). The maximum absolute atomic E-state index is 13.2. The third-order valence-electron chi connectivity index (χ3n) is 2.60. The Bertz CT molecular complexity index is 391. The molecule has 0 radical (unpaired) electrons. The molecule has 0 unspecified atom stereocenters. The average Bonchev–Trinajstić information content (AvgIpc) is 2.73. The molecule has 2 N–H and O–H groups in total. The Morgan fingerprint density at radius 2 is 2.13 bits per heavy atom. The fraction of sp³-hybridized carbons (Fsp3) is 0.400. The standard InChI is InChI=1S/C10H10BrF2NO/c11-6-4-5(7-2-1-3-14-7)10(15)9(13)8(6)12/h4,7,14-15H,1-3H2/t7-/m0/s1. The summed E-state index contributed by atoms with van der Waals surface area (Å²) in [5.41, 5.74) is 0.415. The van der Waals surface area contributed by atoms with Gasteiger partial charge in [-0.15, -0.1) is 0 Å². The van der Waals surface area contributed by atoms with Crippen molar-refractivity contribution >= 4 is 15.9 Å². The molecular formula is C10H10BrF2NO. The molecule has 0 spiro atoms. The van der Waals surface area contributed by atoms with Crippen LogP contribution in [0.1, 0.15) is 24.4 Å². The second kappa shape index (κ2) is 4.06. The lowest BCUT2D eigenvalue weighted by atomic mass is 10.0. The second-order valence-electron chi connectivity index (χ2n) is 3.57. The Morgan fingerprint density at radius 3 is 2.73 bits per heavy atom. The zero-order valence-electron chi connectivity index (χ0n) is 7.86. The monoisotopic (exact) mass is 277 g/mol. The molecule has 0 saturated carbocycles. The molecule has 1 aromatic rings. The molecule has 1 aromatic carbocycles. The van der Waals surface area contributed by atoms with Crippen molar-refractivity contribution in [3.05, 3.63) is 27.7 Å². The number of hydrogen-bond donors (Lipinski definition) is 2. The maximum Gasteiger partial charge on any atom is 0.201 e. The minimum atomic E-state index is -1.19. The van der Waals surface area contributed by atoms with E-state index in [9.17, 15) is 13.9 Å². The lowest BCUT2D eigenvalue weighted by Gasteiger charge is -2.14. The van der Waals surface area contributed by atoms with Crippen molar-refractivity contribution in [3.63, 3.8) is 0 Å². The van der Waals surface area contributed by atoms with Crippen molar-refractivity contribution in [2.24, 2.45) is 0 Å². The van der Waals surface area contributed by atoms with E-state index in [0.717, 1.165) is 19.4 Å². The van der Waals surface area contributed by atoms with Crippen LogP contribution in [0.4, 0.5) is 8.78 Å². The molecule has 0 aromatic heterocycles. The SMILES string of the molecule is Oc1c([C@@H]2CCCN2)cc(Br)c(F)c1F. The molecule has 0 aliphatic carbocycles. The summed E-state index contributed by atoms with van der Waals surface area (Å²) in [6.45, 7) is 0.834. The summed E-state index contributed by atoms with van der Waals surface area (Å²) in [5.74, 6) is -2.82. The lowest BCUT2D eigenvalue weighted by molar-refractivity contribution is 0.393. The summed E-state index contributed by atoms with van der Waals surface area (Å²) in [6, 6.07) is 1.34. The van der Waals surface area contributed by atoms with Gasteiger partial charge >= 0.3 is 0 Å². The van der Waals surface area contributed by atoms with Gasteiger partial charge in [-0.2, -0.15) is 4.39 Å². The fourth-order valence-corrected chi connectivity index (χ4v) is 2.24. The quantitative estimate of drug-likeness (QED) is 0.774. The Labute approximate surface area is 94.4 Å². The van der Waals surface area contributed by atoms with E-state index < -0.39 is 17.4 Å². The van der Waals surface area contributed by atoms with Crippen LogP contribution in [0.25, 0.3) is 0 Å². The molecule has 1 atom stereocenters. The highest BCUT2D eigenvalue weighted by molar-refractivity contribution is 9.10. The number of phenols is 1. The normalized spacial score (nSPS) is 20.9. The van der Waals surface area contributed by atoms with Gasteiger partial charge in [-0.1, -0.05) is 0 Å². The highest BCUT2D eigenvalue weighted by Crippen LogP contribution is 2.36. The van der Waals surface area contributed by atoms with Crippen LogP contribution in [0.5, 0.6) is 5.75 Å². The zero-order chi connectivity index (χ0) is 11.0. The smallest absolute Gasteiger partial charge is 0.201 e. The third kappa shape index (κ3) is 1.86. The largest absolute Gasteiger partial charge is 0.505 e. The van der Waals surface area contributed by atoms with E-state index in [4.69, 9.17) is 0 Å². The van der Waals surface area contributed by atoms with Gasteiger partial charge in [0, 0.05) is 11.6 Å². The van der Waals surface area contributed by atoms with Crippen molar-refractivity contribution < 1.29 is 13.9 Å². The van der Waals surface area contributed by atoms with Crippen LogP contribution >= 0.6 is 15.9 Å². The molecule has 82 valence electrons. The third-order valence-corrected chi connectivity index (χ3v) is 3.18. The first-order valence-electron chi connectivity index (χ1n) is 4.71. The van der Waals surface area contributed by atoms with Crippen molar-refractivity contribution in [1.29, 1.82) is 0 Å². The summed E-state index contributed by atoms with van der Waals surface area (Å²) < 4.78 is 26.3. The second-order valence-corrected chi connectivity index (χ2v) is 4.43. The first kappa shape index (κ1) is 10.8. The molecule has 1 aliphatic rings. The van der Waals surface area contributed by atoms with Crippen molar-refractivity contribution in [2.75, 3.05) is 6.54 Å². The van der Waals surface area contributed by atoms with E-state index in [1.54, 1.807) is 0 Å². The van der Waals surface area contributed by atoms with E-state index >= 15 is 0 Å². The van der Waals surface area contributed by atoms with Crippen LogP contribution in [0.15, 0.2) is 10.5 Å². The van der Waals surface area contributed by atoms with Gasteiger partial charge in [0.05, 0.1) is 4.47 Å². The number of aromatic hydroxyl groups is 1. The first-order chi connectivity index (χ1) is 7.11. The molecular weight excluding hydrogens is 268 g/mol. The number of phenolic OH excluding ortho intramolecular Hbond substituents is 1. The minimum Gasteiger partial charge on any atom is -0.505 e. The highest BCUT2D eigenvalue weighted by Gasteiger charge is 2.24. The van der Waals surface area contributed by atoms with Gasteiger partial charge in [0.15, 0.2) is 11.6 Å². The number of hydrogen-bond acceptors (Lipinski definition) is 2. The van der Waals surface area contributed by atoms with Crippen LogP contribution in [0.3, 0.4) is 0 Å². The van der Waals surface area contributed by atoms with Crippen molar-refractivity contribution in [2.45, 2.75) is 18.9 Å². The Hall–Kier alpha value is -0.680. The zero-order valence-corrected chi connectivity index (χ0v) is 9.44. The predicted octanol–water partition coefficient (Wildman–Crippen LogP) is 2.86. The van der Waals surface area contributed by atoms with Crippen molar-refractivity contribution in [3.8, 4) is 5.75 Å². The van der Waals surface area contributed by atoms with Crippen molar-refractivity contribution in [1.82, 2.24) is 5.32 Å². The predicted molar refractivity (Wildman–Crippen MR) is 55.7 cm³/mol. The molecule has 0 bridgehead atoms. The van der Waals surface area contributed by atoms with Crippen LogP contribution in [-0.2, 0) is 0 Å². The van der Waals surface area contributed by atoms with Gasteiger partial charge in [-0.25, -0.2) is 4.39 Å². The number of rotatable bonds is 1. The number of benzene rings is 1. The minimum absolute atomic E-state index is 0.0431. The molecule has 1 saturated heterocycles. The Kier molecular flexibility index (Phi) is 2.93. The molecule has 2 nitrogen and oxygen atoms in total. The maximum atomic E-state index is 13.2. The lowest BCUT2D eigenvalue weighted by Crippen LogP contribution is -2.13. The van der Waals surface area contributed by atoms with E-state index in [-0.39, 0.29) is 10.5 Å².